The summed E-state index contributed by atoms with van der Waals surface area (Å²) in [4.78, 5) is 19.0. The summed E-state index contributed by atoms with van der Waals surface area (Å²) >= 11 is 0. The molecule has 1 aliphatic heterocycles. The van der Waals surface area contributed by atoms with Crippen molar-refractivity contribution in [2.75, 3.05) is 17.2 Å². The fourth-order valence-electron chi connectivity index (χ4n) is 2.49. The number of hydrogen-bond acceptors (Lipinski definition) is 6. The summed E-state index contributed by atoms with van der Waals surface area (Å²) in [6, 6.07) is 3.16. The van der Waals surface area contributed by atoms with E-state index in [0.717, 1.165) is 23.8 Å². The van der Waals surface area contributed by atoms with Gasteiger partial charge in [0.05, 0.1) is 11.0 Å². The van der Waals surface area contributed by atoms with Crippen LogP contribution in [0.1, 0.15) is 23.9 Å². The van der Waals surface area contributed by atoms with Gasteiger partial charge in [0.2, 0.25) is 0 Å². The number of nitrogens with one attached hydrogen (secondary N) is 2. The smallest absolute Gasteiger partial charge is 0.292 e. The van der Waals surface area contributed by atoms with Crippen molar-refractivity contribution in [1.29, 1.82) is 0 Å². The number of aromatic nitrogens is 2. The van der Waals surface area contributed by atoms with Gasteiger partial charge in [-0.15, -0.1) is 0 Å². The molecule has 0 saturated heterocycles. The zero-order chi connectivity index (χ0) is 15.7. The fraction of sp³-hybridized carbons (Fsp3) is 0.286. The van der Waals surface area contributed by atoms with E-state index in [2.05, 4.69) is 20.6 Å². The number of aryl methyl sites for hydroxylation is 1. The van der Waals surface area contributed by atoms with Gasteiger partial charge in [-0.25, -0.2) is 14.4 Å². The minimum Gasteiger partial charge on any atom is -0.372 e. The minimum atomic E-state index is -0.532. The lowest BCUT2D eigenvalue weighted by Gasteiger charge is -2.27. The Balaban J connectivity index is 1.95. The van der Waals surface area contributed by atoms with Crippen LogP contribution in [0.2, 0.25) is 0 Å². The molecule has 7 nitrogen and oxygen atoms in total. The lowest BCUT2D eigenvalue weighted by molar-refractivity contribution is -0.384. The number of nitro benzene ring substituents is 1. The molecule has 2 aromatic rings. The van der Waals surface area contributed by atoms with Crippen LogP contribution >= 0.6 is 0 Å². The van der Waals surface area contributed by atoms with Crippen LogP contribution < -0.4 is 10.6 Å². The van der Waals surface area contributed by atoms with E-state index in [9.17, 15) is 14.5 Å². The number of rotatable bonds is 3. The molecule has 3 rings (SSSR count). The second kappa shape index (κ2) is 5.55. The maximum Gasteiger partial charge on any atom is 0.292 e. The molecule has 0 aliphatic carbocycles. The van der Waals surface area contributed by atoms with Gasteiger partial charge in [0.1, 0.15) is 23.1 Å². The second-order valence-corrected chi connectivity index (χ2v) is 5.05. The maximum atomic E-state index is 13.4. The van der Waals surface area contributed by atoms with Crippen LogP contribution in [0, 0.1) is 22.9 Å². The molecule has 1 atom stereocenters. The molecular formula is C14H14FN5O2. The Bertz CT molecular complexity index is 737. The van der Waals surface area contributed by atoms with Crippen molar-refractivity contribution in [3.63, 3.8) is 0 Å². The Morgan fingerprint density at radius 3 is 3.09 bits per heavy atom. The molecule has 0 bridgehead atoms. The van der Waals surface area contributed by atoms with Gasteiger partial charge >= 0.3 is 0 Å². The maximum absolute atomic E-state index is 13.4. The molecule has 0 saturated carbocycles. The quantitative estimate of drug-likeness (QED) is 0.669. The highest BCUT2D eigenvalue weighted by atomic mass is 19.1. The second-order valence-electron chi connectivity index (χ2n) is 5.05. The number of anilines is 2. The Labute approximate surface area is 125 Å². The van der Waals surface area contributed by atoms with Gasteiger partial charge in [-0.2, -0.15) is 0 Å². The highest BCUT2D eigenvalue weighted by Crippen LogP contribution is 2.34. The van der Waals surface area contributed by atoms with Gasteiger partial charge in [0.25, 0.3) is 5.69 Å². The summed E-state index contributed by atoms with van der Waals surface area (Å²) in [7, 11) is 0. The number of nitro groups is 1. The molecule has 114 valence electrons. The van der Waals surface area contributed by atoms with Crippen LogP contribution in [0.3, 0.4) is 0 Å². The van der Waals surface area contributed by atoms with Crippen LogP contribution in [-0.4, -0.2) is 21.4 Å². The van der Waals surface area contributed by atoms with E-state index in [1.807, 2.05) is 0 Å². The zero-order valence-corrected chi connectivity index (χ0v) is 11.8. The standard InChI is InChI=1S/C14H14FN5O2/c1-8-17-7-10-11(4-5-16-14(10)18-8)19-12-6-9(15)2-3-13(12)20(21)22/h2-3,6-7,11,19H,4-5H2,1H3,(H,16,17,18). The molecule has 0 spiro atoms. The Morgan fingerprint density at radius 2 is 2.32 bits per heavy atom. The highest BCUT2D eigenvalue weighted by molar-refractivity contribution is 5.63. The summed E-state index contributed by atoms with van der Waals surface area (Å²) in [5, 5.41) is 17.3. The molecular weight excluding hydrogens is 289 g/mol. The summed E-state index contributed by atoms with van der Waals surface area (Å²) in [6.45, 7) is 2.46. The van der Waals surface area contributed by atoms with Crippen LogP contribution in [0.25, 0.3) is 0 Å². The third-order valence-corrected chi connectivity index (χ3v) is 3.52. The third-order valence-electron chi connectivity index (χ3n) is 3.52. The highest BCUT2D eigenvalue weighted by Gasteiger charge is 2.24. The zero-order valence-electron chi connectivity index (χ0n) is 11.8. The minimum absolute atomic E-state index is 0.156. The van der Waals surface area contributed by atoms with Gasteiger partial charge in [0.15, 0.2) is 0 Å². The molecule has 0 amide bonds. The summed E-state index contributed by atoms with van der Waals surface area (Å²) < 4.78 is 13.4. The molecule has 8 heteroatoms. The van der Waals surface area contributed by atoms with E-state index in [1.54, 1.807) is 13.1 Å². The summed E-state index contributed by atoms with van der Waals surface area (Å²) in [5.74, 6) is 0.821. The summed E-state index contributed by atoms with van der Waals surface area (Å²) in [6.07, 6.45) is 2.37. The molecule has 1 aromatic heterocycles. The molecule has 0 radical (unpaired) electrons. The molecule has 1 aromatic carbocycles. The Morgan fingerprint density at radius 1 is 1.50 bits per heavy atom. The molecule has 0 fully saturated rings. The van der Waals surface area contributed by atoms with E-state index in [-0.39, 0.29) is 17.4 Å². The van der Waals surface area contributed by atoms with Crippen LogP contribution in [0.15, 0.2) is 24.4 Å². The first-order valence-electron chi connectivity index (χ1n) is 6.82. The number of nitrogens with zero attached hydrogens (tertiary/aromatic N) is 3. The van der Waals surface area contributed by atoms with Gasteiger partial charge in [-0.05, 0) is 19.4 Å². The average Bonchev–Trinajstić information content (AvgIpc) is 2.47. The third kappa shape index (κ3) is 2.67. The number of halogens is 1. The number of fused-ring (bicyclic) bond motifs is 1. The monoisotopic (exact) mass is 303 g/mol. The molecule has 2 N–H and O–H groups in total. The van der Waals surface area contributed by atoms with Crippen molar-refractivity contribution < 1.29 is 9.31 Å². The van der Waals surface area contributed by atoms with E-state index in [4.69, 9.17) is 0 Å². The lowest BCUT2D eigenvalue weighted by Crippen LogP contribution is -2.24. The van der Waals surface area contributed by atoms with Gasteiger partial charge in [-0.3, -0.25) is 10.1 Å². The van der Waals surface area contributed by atoms with Crippen molar-refractivity contribution in [1.82, 2.24) is 9.97 Å². The molecule has 22 heavy (non-hydrogen) atoms. The SMILES string of the molecule is Cc1ncc2c(n1)NCCC2Nc1cc(F)ccc1[N+](=O)[O-]. The first kappa shape index (κ1) is 14.2. The predicted octanol–water partition coefficient (Wildman–Crippen LogP) is 2.80. The molecule has 1 unspecified atom stereocenters. The number of hydrogen-bond donors (Lipinski definition) is 2. The van der Waals surface area contributed by atoms with Crippen molar-refractivity contribution in [2.24, 2.45) is 0 Å². The van der Waals surface area contributed by atoms with Crippen LogP contribution in [0.5, 0.6) is 0 Å². The predicted molar refractivity (Wildman–Crippen MR) is 79.3 cm³/mol. The van der Waals surface area contributed by atoms with Crippen molar-refractivity contribution >= 4 is 17.2 Å². The van der Waals surface area contributed by atoms with Crippen LogP contribution in [-0.2, 0) is 0 Å². The Kier molecular flexibility index (Phi) is 3.58. The summed E-state index contributed by atoms with van der Waals surface area (Å²) in [5.41, 5.74) is 0.813. The lowest BCUT2D eigenvalue weighted by atomic mass is 10.0. The molecule has 2 heterocycles. The van der Waals surface area contributed by atoms with Gasteiger partial charge in [-0.1, -0.05) is 0 Å². The van der Waals surface area contributed by atoms with E-state index >= 15 is 0 Å². The van der Waals surface area contributed by atoms with Crippen LogP contribution in [0.4, 0.5) is 21.6 Å². The average molecular weight is 303 g/mol. The molecule has 1 aliphatic rings. The Hall–Kier alpha value is -2.77. The van der Waals surface area contributed by atoms with Gasteiger partial charge in [0, 0.05) is 30.4 Å². The normalized spacial score (nSPS) is 16.5. The van der Waals surface area contributed by atoms with Crippen molar-refractivity contribution in [3.8, 4) is 0 Å². The van der Waals surface area contributed by atoms with E-state index < -0.39 is 10.7 Å². The number of benzene rings is 1. The van der Waals surface area contributed by atoms with E-state index in [0.29, 0.717) is 24.6 Å². The van der Waals surface area contributed by atoms with Crippen molar-refractivity contribution in [3.05, 3.63) is 51.7 Å². The fourth-order valence-corrected chi connectivity index (χ4v) is 2.49. The van der Waals surface area contributed by atoms with Crippen molar-refractivity contribution in [2.45, 2.75) is 19.4 Å². The largest absolute Gasteiger partial charge is 0.372 e. The topological polar surface area (TPSA) is 93.0 Å². The van der Waals surface area contributed by atoms with E-state index in [1.165, 1.54) is 0 Å². The van der Waals surface area contributed by atoms with Gasteiger partial charge < -0.3 is 10.6 Å². The first-order valence-corrected chi connectivity index (χ1v) is 6.82. The first-order chi connectivity index (χ1) is 10.5.